The fourth-order valence-corrected chi connectivity index (χ4v) is 10.6. The number of rotatable bonds is 25. The summed E-state index contributed by atoms with van der Waals surface area (Å²) in [6.45, 7) is 7.01. The number of para-hydroxylation sites is 4. The second-order valence-electron chi connectivity index (χ2n) is 22.8. The molecular weight excluding hydrogens is 1300 g/mol. The average Bonchev–Trinajstić information content (AvgIpc) is 1.59. The van der Waals surface area contributed by atoms with Crippen molar-refractivity contribution in [3.05, 3.63) is 235 Å². The topological polar surface area (TPSA) is 317 Å². The lowest BCUT2D eigenvalue weighted by Gasteiger charge is -2.22. The number of anilines is 12. The Hall–Kier alpha value is -12.7. The number of imide groups is 3. The van der Waals surface area contributed by atoms with Gasteiger partial charge < -0.3 is 40.4 Å². The van der Waals surface area contributed by atoms with Gasteiger partial charge in [-0.3, -0.25) is 29.1 Å². The molecule has 3 unspecified atom stereocenters. The first-order valence-electron chi connectivity index (χ1n) is 32.8. The molecule has 0 bridgehead atoms. The van der Waals surface area contributed by atoms with Crippen molar-refractivity contribution in [1.29, 1.82) is 0 Å². The fourth-order valence-electron chi connectivity index (χ4n) is 10.6. The molecule has 0 saturated carbocycles. The van der Waals surface area contributed by atoms with E-state index in [2.05, 4.69) is 66.1 Å². The molecule has 29 heteroatoms. The molecule has 10 aromatic rings. The molecule has 9 amide bonds. The summed E-state index contributed by atoms with van der Waals surface area (Å²) in [5.74, 6) is -1.31. The van der Waals surface area contributed by atoms with Crippen molar-refractivity contribution in [2.45, 2.75) is 72.4 Å². The minimum Gasteiger partial charge on any atom is -0.350 e. The quantitative estimate of drug-likeness (QED) is 0.0386. The van der Waals surface area contributed by atoms with Gasteiger partial charge in [0.05, 0.1) is 19.6 Å². The monoisotopic (exact) mass is 1370 g/mol. The van der Waals surface area contributed by atoms with Crippen LogP contribution in [0.25, 0.3) is 0 Å². The third-order valence-electron chi connectivity index (χ3n) is 15.4. The molecule has 3 fully saturated rings. The number of amides is 9. The normalized spacial score (nSPS) is 15.6. The number of carbonyl (C=O) groups excluding carboxylic acids is 6. The molecule has 13 rings (SSSR count). The van der Waals surface area contributed by atoms with Crippen molar-refractivity contribution < 1.29 is 43.0 Å². The third kappa shape index (κ3) is 17.2. The van der Waals surface area contributed by atoms with Crippen LogP contribution in [-0.2, 0) is 54.6 Å². The second-order valence-corrected chi connectivity index (χ2v) is 22.8. The number of hydrogen-bond donors (Lipinski definition) is 4. The number of urea groups is 3. The molecule has 0 radical (unpaired) electrons. The Bertz CT molecular complexity index is 4120. The van der Waals surface area contributed by atoms with Crippen molar-refractivity contribution in [3.63, 3.8) is 0 Å². The fraction of sp³-hybridized carbons (Fsp3) is 0.219. The van der Waals surface area contributed by atoms with Crippen LogP contribution < -0.4 is 40.9 Å². The number of ether oxygens (including phenoxy) is 3. The molecule has 4 N–H and O–H groups in total. The molecule has 3 aromatic heterocycles. The zero-order chi connectivity index (χ0) is 71.5. The van der Waals surface area contributed by atoms with Crippen molar-refractivity contribution >= 4 is 106 Å². The molecule has 0 aliphatic carbocycles. The number of nitrogens with one attached hydrogen (secondary N) is 4. The third-order valence-corrected chi connectivity index (χ3v) is 15.4. The summed E-state index contributed by atoms with van der Waals surface area (Å²) in [5.41, 5.74) is 5.80. The molecule has 29 nitrogen and oxygen atoms in total. The maximum Gasteiger partial charge on any atom is 0.336 e. The molecule has 3 aliphatic rings. The number of carbonyl (C=O) groups is 6. The van der Waals surface area contributed by atoms with Crippen LogP contribution in [-0.4, -0.2) is 148 Å². The lowest BCUT2D eigenvalue weighted by molar-refractivity contribution is -0.134. The van der Waals surface area contributed by atoms with Gasteiger partial charge in [0.25, 0.3) is 17.7 Å². The molecule has 3 atom stereocenters. The van der Waals surface area contributed by atoms with Crippen molar-refractivity contribution in [3.8, 4) is 0 Å². The summed E-state index contributed by atoms with van der Waals surface area (Å²) in [5, 5.41) is 12.8. The van der Waals surface area contributed by atoms with Crippen LogP contribution in [0.3, 0.4) is 0 Å². The molecule has 0 spiro atoms. The summed E-state index contributed by atoms with van der Waals surface area (Å²) < 4.78 is 17.2. The van der Waals surface area contributed by atoms with Crippen molar-refractivity contribution in [1.82, 2.24) is 59.6 Å². The molecule has 102 heavy (non-hydrogen) atoms. The minimum absolute atomic E-state index is 0.0431. The van der Waals surface area contributed by atoms with Crippen LogP contribution >= 0.6 is 0 Å². The van der Waals surface area contributed by atoms with E-state index in [0.29, 0.717) is 61.1 Å². The highest BCUT2D eigenvalue weighted by Crippen LogP contribution is 2.34. The van der Waals surface area contributed by atoms with Crippen molar-refractivity contribution in [2.75, 3.05) is 74.8 Å². The zero-order valence-corrected chi connectivity index (χ0v) is 56.7. The predicted octanol–water partition coefficient (Wildman–Crippen LogP) is 11.2. The van der Waals surface area contributed by atoms with Crippen molar-refractivity contribution in [2.24, 2.45) is 0 Å². The van der Waals surface area contributed by atoms with E-state index in [0.717, 1.165) is 35.0 Å². The minimum atomic E-state index is -1.41. The summed E-state index contributed by atoms with van der Waals surface area (Å²) in [7, 11) is 3.79. The summed E-state index contributed by atoms with van der Waals surface area (Å²) in [6.07, 6.45) is -3.49. The summed E-state index contributed by atoms with van der Waals surface area (Å²) >= 11 is 0. The van der Waals surface area contributed by atoms with Crippen LogP contribution in [0.5, 0.6) is 0 Å². The Labute approximate surface area is 588 Å². The predicted molar refractivity (Wildman–Crippen MR) is 383 cm³/mol. The highest BCUT2D eigenvalue weighted by Gasteiger charge is 2.53. The van der Waals surface area contributed by atoms with Gasteiger partial charge in [-0.1, -0.05) is 171 Å². The van der Waals surface area contributed by atoms with Crippen LogP contribution in [0.15, 0.2) is 212 Å². The lowest BCUT2D eigenvalue weighted by Crippen LogP contribution is -2.39. The molecule has 520 valence electrons. The van der Waals surface area contributed by atoms with E-state index in [4.69, 9.17) is 14.2 Å². The van der Waals surface area contributed by atoms with E-state index >= 15 is 0 Å². The Morgan fingerprint density at radius 3 is 0.814 bits per heavy atom. The Balaban J connectivity index is 0.000000188. The number of aromatic nitrogens is 9. The first kappa shape index (κ1) is 70.6. The van der Waals surface area contributed by atoms with E-state index in [-0.39, 0.29) is 39.5 Å². The van der Waals surface area contributed by atoms with Crippen LogP contribution in [0, 0.1) is 0 Å². The van der Waals surface area contributed by atoms with E-state index in [1.54, 1.807) is 112 Å². The molecule has 3 aliphatic heterocycles. The maximum atomic E-state index is 14.2. The van der Waals surface area contributed by atoms with E-state index in [9.17, 15) is 28.8 Å². The summed E-state index contributed by atoms with van der Waals surface area (Å²) in [6, 6.07) is 63.3. The highest BCUT2D eigenvalue weighted by atomic mass is 16.5. The van der Waals surface area contributed by atoms with Gasteiger partial charge in [-0.15, -0.1) is 0 Å². The van der Waals surface area contributed by atoms with Gasteiger partial charge in [0.15, 0.2) is 0 Å². The first-order chi connectivity index (χ1) is 49.7. The van der Waals surface area contributed by atoms with Crippen LogP contribution in [0.1, 0.15) is 50.2 Å². The van der Waals surface area contributed by atoms with Gasteiger partial charge in [0, 0.05) is 63.1 Å². The number of aryl methyl sites for hydroxylation is 1. The first-order valence-corrected chi connectivity index (χ1v) is 32.8. The van der Waals surface area contributed by atoms with Crippen LogP contribution in [0.4, 0.5) is 84.7 Å². The van der Waals surface area contributed by atoms with Gasteiger partial charge in [0.1, 0.15) is 5.82 Å². The van der Waals surface area contributed by atoms with Gasteiger partial charge in [-0.2, -0.15) is 59.6 Å². The molecule has 7 aromatic carbocycles. The average molecular weight is 1380 g/mol. The lowest BCUT2D eigenvalue weighted by atomic mass is 10.2. The second kappa shape index (κ2) is 33.7. The van der Waals surface area contributed by atoms with Gasteiger partial charge in [0.2, 0.25) is 66.3 Å². The number of nitrogens with zero attached hydrogens (tertiary/aromatic N) is 16. The smallest absolute Gasteiger partial charge is 0.336 e. The Morgan fingerprint density at radius 1 is 0.333 bits per heavy atom. The van der Waals surface area contributed by atoms with E-state index in [1.165, 1.54) is 14.7 Å². The van der Waals surface area contributed by atoms with E-state index < -0.39 is 72.3 Å². The van der Waals surface area contributed by atoms with Gasteiger partial charge in [-0.05, 0) is 86.0 Å². The van der Waals surface area contributed by atoms with E-state index in [1.807, 2.05) is 147 Å². The SMILES string of the molecule is CCOC1C(=O)N(c2nc(N3C(=O)C(OCC)N(Cc4ccccc4)C3=O)nc(N3C(=O)C(OCC)N(Cc4ccccc4)C3=O)n2)C(=O)N1Cc1ccccc1.CCc1nc(Nc2ccccc2)nc(Nc2ccccc2)n1.CN(C)c1nc(Nc2ccccc2)nc(Nc2ccccc2)n1. The Morgan fingerprint density at radius 2 is 0.578 bits per heavy atom. The maximum absolute atomic E-state index is 14.2. The number of hydrogen-bond acceptors (Lipinski definition) is 23. The Kier molecular flexibility index (Phi) is 23.3. The molecule has 3 saturated heterocycles. The van der Waals surface area contributed by atoms with Gasteiger partial charge in [-0.25, -0.2) is 14.4 Å². The van der Waals surface area contributed by atoms with Crippen LogP contribution in [0.2, 0.25) is 0 Å². The van der Waals surface area contributed by atoms with Gasteiger partial charge >= 0.3 is 18.1 Å². The number of benzene rings is 7. The highest BCUT2D eigenvalue weighted by molar-refractivity contribution is 6.23. The standard InChI is InChI=1S/C39H39N9O9.C17H18N6.C17H17N5/c1-4-55-31-28(49)46(37(52)43(31)22-25-16-10-7-11-17-25)34-40-35(47-29(50)32(56-5-2)44(38(47)53)23-26-18-12-8-13-19-26)42-36(41-34)48-30(51)33(57-6-3)45(39(48)54)24-27-20-14-9-15-21-27;1-23(2)17-21-15(18-13-9-5-3-6-10-13)20-16(22-17)19-14-11-7-4-8-12-14;1-2-15-20-16(18-13-9-5-3-6-10-13)22-17(21-15)19-14-11-7-4-8-12-14/h7-21,31-33H,4-6,22-24H2,1-3H3;3-12H,1-2H3,(H2,18,19,20,21,22);3-12H,2H2,1H3,(H2,18,19,20,21,22). The molecular formula is C73H74N20O9. The zero-order valence-electron chi connectivity index (χ0n) is 56.7. The molecule has 6 heterocycles. The largest absolute Gasteiger partial charge is 0.350 e. The summed E-state index contributed by atoms with van der Waals surface area (Å²) in [4.78, 5) is 132.